The summed E-state index contributed by atoms with van der Waals surface area (Å²) in [5, 5.41) is 8.96. The number of halogens is 4. The summed E-state index contributed by atoms with van der Waals surface area (Å²) >= 11 is 3.24. The van der Waals surface area contributed by atoms with Crippen molar-refractivity contribution in [3.8, 4) is 0 Å². The van der Waals surface area contributed by atoms with Gasteiger partial charge in [-0.05, 0) is 30.7 Å². The third kappa shape index (κ3) is 3.26. The molecule has 1 aromatic carbocycles. The van der Waals surface area contributed by atoms with Crippen molar-refractivity contribution in [2.24, 2.45) is 11.8 Å². The largest absolute Gasteiger partial charge is 0.481 e. The first-order valence-electron chi connectivity index (χ1n) is 6.46. The average molecular weight is 380 g/mol. The Balaban J connectivity index is 2.27. The highest BCUT2D eigenvalue weighted by Gasteiger charge is 2.53. The van der Waals surface area contributed by atoms with Crippen molar-refractivity contribution in [3.63, 3.8) is 0 Å². The fourth-order valence-electron chi connectivity index (χ4n) is 2.59. The summed E-state index contributed by atoms with van der Waals surface area (Å²) in [4.78, 5) is 24.4. The lowest BCUT2D eigenvalue weighted by atomic mass is 9.96. The maximum atomic E-state index is 12.9. The van der Waals surface area contributed by atoms with Gasteiger partial charge in [-0.1, -0.05) is 15.9 Å². The predicted molar refractivity (Wildman–Crippen MR) is 75.5 cm³/mol. The third-order valence-electron chi connectivity index (χ3n) is 3.76. The molecule has 22 heavy (non-hydrogen) atoms. The molecular formula is C14H13BrF3NO3. The zero-order valence-electron chi connectivity index (χ0n) is 11.5. The fraction of sp³-hybridized carbons (Fsp3) is 0.429. The van der Waals surface area contributed by atoms with Crippen LogP contribution in [0.3, 0.4) is 0 Å². The van der Waals surface area contributed by atoms with E-state index in [1.54, 1.807) is 19.1 Å². The molecule has 4 nitrogen and oxygen atoms in total. The van der Waals surface area contributed by atoms with Crippen LogP contribution in [0.15, 0.2) is 22.7 Å². The van der Waals surface area contributed by atoms with Gasteiger partial charge >= 0.3 is 12.1 Å². The molecule has 0 unspecified atom stereocenters. The van der Waals surface area contributed by atoms with Crippen molar-refractivity contribution in [3.05, 3.63) is 33.8 Å². The number of carboxylic acids is 1. The van der Waals surface area contributed by atoms with Crippen molar-refractivity contribution < 1.29 is 27.9 Å². The van der Waals surface area contributed by atoms with E-state index < -0.39 is 43.0 Å². The van der Waals surface area contributed by atoms with Gasteiger partial charge in [0.25, 0.3) is 5.91 Å². The number of likely N-dealkylation sites (tertiary alicyclic amines) is 1. The van der Waals surface area contributed by atoms with Crippen LogP contribution in [-0.4, -0.2) is 41.1 Å². The second-order valence-corrected chi connectivity index (χ2v) is 6.18. The molecule has 1 saturated heterocycles. The molecule has 0 radical (unpaired) electrons. The minimum atomic E-state index is -4.65. The Kier molecular flexibility index (Phi) is 4.51. The lowest BCUT2D eigenvalue weighted by Crippen LogP contribution is -2.34. The van der Waals surface area contributed by atoms with E-state index in [2.05, 4.69) is 15.9 Å². The zero-order valence-corrected chi connectivity index (χ0v) is 13.1. The average Bonchev–Trinajstić information content (AvgIpc) is 2.83. The van der Waals surface area contributed by atoms with E-state index in [-0.39, 0.29) is 5.56 Å². The van der Waals surface area contributed by atoms with E-state index in [0.29, 0.717) is 5.56 Å². The minimum Gasteiger partial charge on any atom is -0.481 e. The standard InChI is InChI=1S/C14H13BrF3NO3/c1-7-4-8(15)2-3-9(7)12(20)19-5-10(13(21)22)11(6-19)14(16,17)18/h2-4,10-11H,5-6H2,1H3,(H,21,22)/t10-,11-/m1/s1. The van der Waals surface area contributed by atoms with Crippen molar-refractivity contribution >= 4 is 27.8 Å². The van der Waals surface area contributed by atoms with Gasteiger partial charge in [-0.2, -0.15) is 13.2 Å². The lowest BCUT2D eigenvalue weighted by molar-refractivity contribution is -0.187. The van der Waals surface area contributed by atoms with Crippen LogP contribution in [0.2, 0.25) is 0 Å². The molecule has 1 heterocycles. The normalized spacial score (nSPS) is 22.0. The number of benzene rings is 1. The molecule has 0 bridgehead atoms. The van der Waals surface area contributed by atoms with Crippen LogP contribution in [0.25, 0.3) is 0 Å². The topological polar surface area (TPSA) is 57.6 Å². The lowest BCUT2D eigenvalue weighted by Gasteiger charge is -2.19. The molecule has 0 spiro atoms. The number of amides is 1. The summed E-state index contributed by atoms with van der Waals surface area (Å²) in [6.07, 6.45) is -4.65. The van der Waals surface area contributed by atoms with Gasteiger partial charge in [0.2, 0.25) is 0 Å². The van der Waals surface area contributed by atoms with Gasteiger partial charge < -0.3 is 10.0 Å². The van der Waals surface area contributed by atoms with E-state index in [0.717, 1.165) is 9.37 Å². The summed E-state index contributed by atoms with van der Waals surface area (Å²) in [7, 11) is 0. The Morgan fingerprint density at radius 3 is 2.41 bits per heavy atom. The summed E-state index contributed by atoms with van der Waals surface area (Å²) in [6, 6.07) is 4.81. The van der Waals surface area contributed by atoms with Crippen LogP contribution in [-0.2, 0) is 4.79 Å². The second-order valence-electron chi connectivity index (χ2n) is 5.26. The smallest absolute Gasteiger partial charge is 0.394 e. The van der Waals surface area contributed by atoms with Crippen molar-refractivity contribution in [1.82, 2.24) is 4.90 Å². The van der Waals surface area contributed by atoms with Crippen LogP contribution >= 0.6 is 15.9 Å². The van der Waals surface area contributed by atoms with Crippen LogP contribution in [0.1, 0.15) is 15.9 Å². The molecule has 2 rings (SSSR count). The van der Waals surface area contributed by atoms with Gasteiger partial charge in [0, 0.05) is 23.1 Å². The number of aryl methyl sites for hydroxylation is 1. The Labute approximate surface area is 133 Å². The van der Waals surface area contributed by atoms with Crippen LogP contribution in [0.4, 0.5) is 13.2 Å². The number of hydrogen-bond acceptors (Lipinski definition) is 2. The van der Waals surface area contributed by atoms with E-state index in [1.165, 1.54) is 6.07 Å². The minimum absolute atomic E-state index is 0.273. The monoisotopic (exact) mass is 379 g/mol. The van der Waals surface area contributed by atoms with Crippen molar-refractivity contribution in [2.75, 3.05) is 13.1 Å². The molecule has 1 amide bonds. The van der Waals surface area contributed by atoms with Gasteiger partial charge in [0.15, 0.2) is 0 Å². The number of hydrogen-bond donors (Lipinski definition) is 1. The van der Waals surface area contributed by atoms with Crippen molar-refractivity contribution in [2.45, 2.75) is 13.1 Å². The maximum Gasteiger partial charge on any atom is 0.394 e. The SMILES string of the molecule is Cc1cc(Br)ccc1C(=O)N1C[C@@H](C(F)(F)F)[C@H](C(=O)O)C1. The molecule has 0 aromatic heterocycles. The molecule has 8 heteroatoms. The number of aliphatic carboxylic acids is 1. The Morgan fingerprint density at radius 1 is 1.32 bits per heavy atom. The molecule has 1 N–H and O–H groups in total. The summed E-state index contributed by atoms with van der Waals surface area (Å²) in [5.74, 6) is -5.78. The van der Waals surface area contributed by atoms with Gasteiger partial charge in [0.05, 0.1) is 11.8 Å². The van der Waals surface area contributed by atoms with E-state index >= 15 is 0 Å². The fourth-order valence-corrected chi connectivity index (χ4v) is 3.06. The van der Waals surface area contributed by atoms with Gasteiger partial charge in [-0.25, -0.2) is 0 Å². The molecule has 0 saturated carbocycles. The Bertz CT molecular complexity index is 618. The second kappa shape index (κ2) is 5.91. The number of nitrogens with zero attached hydrogens (tertiary/aromatic N) is 1. The molecule has 120 valence electrons. The highest BCUT2D eigenvalue weighted by molar-refractivity contribution is 9.10. The van der Waals surface area contributed by atoms with Crippen LogP contribution < -0.4 is 0 Å². The van der Waals surface area contributed by atoms with Gasteiger partial charge in [0.1, 0.15) is 0 Å². The maximum absolute atomic E-state index is 12.9. The van der Waals surface area contributed by atoms with E-state index in [4.69, 9.17) is 5.11 Å². The highest BCUT2D eigenvalue weighted by Crippen LogP contribution is 2.38. The van der Waals surface area contributed by atoms with Gasteiger partial charge in [-0.15, -0.1) is 0 Å². The quantitative estimate of drug-likeness (QED) is 0.858. The number of carboxylic acid groups (broad SMARTS) is 1. The summed E-state index contributed by atoms with van der Waals surface area (Å²) in [5.41, 5.74) is 0.886. The first-order chi connectivity index (χ1) is 10.1. The number of alkyl halides is 3. The molecule has 1 aliphatic heterocycles. The summed E-state index contributed by atoms with van der Waals surface area (Å²) in [6.45, 7) is 0.604. The van der Waals surface area contributed by atoms with E-state index in [9.17, 15) is 22.8 Å². The van der Waals surface area contributed by atoms with Crippen molar-refractivity contribution in [1.29, 1.82) is 0 Å². The molecule has 0 aliphatic carbocycles. The first-order valence-corrected chi connectivity index (χ1v) is 7.25. The predicted octanol–water partition coefficient (Wildman–Crippen LogP) is 3.09. The molecule has 1 aromatic rings. The Morgan fingerprint density at radius 2 is 1.95 bits per heavy atom. The highest BCUT2D eigenvalue weighted by atomic mass is 79.9. The zero-order chi connectivity index (χ0) is 16.7. The number of rotatable bonds is 2. The third-order valence-corrected chi connectivity index (χ3v) is 4.26. The number of carbonyl (C=O) groups excluding carboxylic acids is 1. The number of carbonyl (C=O) groups is 2. The summed E-state index contributed by atoms with van der Waals surface area (Å²) < 4.78 is 39.6. The first kappa shape index (κ1) is 16.8. The molecule has 1 aliphatic rings. The molecule has 2 atom stereocenters. The molecular weight excluding hydrogens is 367 g/mol. The van der Waals surface area contributed by atoms with E-state index in [1.807, 2.05) is 0 Å². The van der Waals surface area contributed by atoms with Crippen LogP contribution in [0.5, 0.6) is 0 Å². The van der Waals surface area contributed by atoms with Crippen LogP contribution in [0, 0.1) is 18.8 Å². The Hall–Kier alpha value is -1.57. The molecule has 1 fully saturated rings. The van der Waals surface area contributed by atoms with Gasteiger partial charge in [-0.3, -0.25) is 9.59 Å².